The fourth-order valence-corrected chi connectivity index (χ4v) is 2.69. The van der Waals surface area contributed by atoms with Crippen molar-refractivity contribution in [1.82, 2.24) is 24.7 Å². The highest BCUT2D eigenvalue weighted by atomic mass is 16.5. The summed E-state index contributed by atoms with van der Waals surface area (Å²) in [4.78, 5) is 25.5. The smallest absolute Gasteiger partial charge is 0.284 e. The van der Waals surface area contributed by atoms with Gasteiger partial charge in [-0.25, -0.2) is 4.98 Å². The number of fused-ring (bicyclic) bond motifs is 1. The van der Waals surface area contributed by atoms with Crippen LogP contribution in [0.15, 0.2) is 23.3 Å². The molecule has 2 aliphatic heterocycles. The first-order valence-corrected chi connectivity index (χ1v) is 7.87. The summed E-state index contributed by atoms with van der Waals surface area (Å²) in [6, 6.07) is 1.74. The third-order valence-electron chi connectivity index (χ3n) is 3.89. The van der Waals surface area contributed by atoms with Crippen molar-refractivity contribution in [2.45, 2.75) is 39.7 Å². The Balaban J connectivity index is 2.33. The predicted octanol–water partition coefficient (Wildman–Crippen LogP) is 2.46. The van der Waals surface area contributed by atoms with E-state index in [9.17, 15) is 4.79 Å². The number of hydrogen-bond donors (Lipinski definition) is 1. The minimum Gasteiger partial charge on any atom is -0.494 e. The van der Waals surface area contributed by atoms with Gasteiger partial charge in [0.1, 0.15) is 11.3 Å². The Labute approximate surface area is 140 Å². The summed E-state index contributed by atoms with van der Waals surface area (Å²) in [6.07, 6.45) is 3.91. The fraction of sp³-hybridized carbons (Fsp3) is 0.412. The van der Waals surface area contributed by atoms with Crippen molar-refractivity contribution in [3.63, 3.8) is 0 Å². The number of aromatic amines is 1. The number of rotatable bonds is 3. The van der Waals surface area contributed by atoms with Gasteiger partial charge < -0.3 is 4.74 Å². The van der Waals surface area contributed by atoms with Crippen LogP contribution >= 0.6 is 0 Å². The molecule has 0 aliphatic carbocycles. The van der Waals surface area contributed by atoms with Crippen LogP contribution in [0, 0.1) is 0 Å². The van der Waals surface area contributed by atoms with E-state index in [1.54, 1.807) is 25.6 Å². The van der Waals surface area contributed by atoms with E-state index in [0.29, 0.717) is 34.9 Å². The number of aryl methyl sites for hydroxylation is 1. The zero-order valence-electron chi connectivity index (χ0n) is 14.5. The van der Waals surface area contributed by atoms with E-state index in [1.165, 1.54) is 0 Å². The van der Waals surface area contributed by atoms with Gasteiger partial charge >= 0.3 is 0 Å². The Bertz CT molecular complexity index is 904. The monoisotopic (exact) mass is 327 g/mol. The molecule has 0 unspecified atom stereocenters. The Kier molecular flexibility index (Phi) is 3.87. The lowest BCUT2D eigenvalue weighted by atomic mass is 10.1. The SMILES string of the molecule is CCc1[nH]n(C(C)(C)C)c2nc(-c3ccncc3OC)nc(=O)c1-2. The van der Waals surface area contributed by atoms with E-state index in [4.69, 9.17) is 4.74 Å². The van der Waals surface area contributed by atoms with E-state index in [0.717, 1.165) is 5.69 Å². The highest BCUT2D eigenvalue weighted by molar-refractivity contribution is 5.68. The number of ether oxygens (including phenoxy) is 1. The quantitative estimate of drug-likeness (QED) is 0.798. The van der Waals surface area contributed by atoms with Gasteiger partial charge in [0.15, 0.2) is 11.6 Å². The molecule has 0 fully saturated rings. The lowest BCUT2D eigenvalue weighted by molar-refractivity contribution is 0.355. The van der Waals surface area contributed by atoms with Crippen LogP contribution in [-0.2, 0) is 12.0 Å². The summed E-state index contributed by atoms with van der Waals surface area (Å²) in [5.41, 5.74) is 1.50. The van der Waals surface area contributed by atoms with Crippen molar-refractivity contribution in [3.05, 3.63) is 34.5 Å². The highest BCUT2D eigenvalue weighted by Gasteiger charge is 2.28. The molecule has 0 bridgehead atoms. The number of aromatic nitrogens is 5. The molecule has 7 heteroatoms. The van der Waals surface area contributed by atoms with Crippen molar-refractivity contribution in [2.75, 3.05) is 7.11 Å². The summed E-state index contributed by atoms with van der Waals surface area (Å²) in [5.74, 6) is 1.48. The predicted molar refractivity (Wildman–Crippen MR) is 91.4 cm³/mol. The van der Waals surface area contributed by atoms with E-state index >= 15 is 0 Å². The maximum Gasteiger partial charge on any atom is 0.284 e. The molecule has 0 atom stereocenters. The van der Waals surface area contributed by atoms with E-state index < -0.39 is 0 Å². The Morgan fingerprint density at radius 3 is 2.67 bits per heavy atom. The highest BCUT2D eigenvalue weighted by Crippen LogP contribution is 2.30. The molecule has 0 saturated carbocycles. The van der Waals surface area contributed by atoms with Crippen molar-refractivity contribution in [3.8, 4) is 28.5 Å². The van der Waals surface area contributed by atoms with Gasteiger partial charge in [-0.1, -0.05) is 6.92 Å². The Morgan fingerprint density at radius 2 is 2.04 bits per heavy atom. The molecule has 2 aliphatic rings. The molecule has 7 nitrogen and oxygen atoms in total. The third kappa shape index (κ3) is 2.55. The molecule has 0 aromatic carbocycles. The number of H-pyrrole nitrogens is 1. The average Bonchev–Trinajstić information content (AvgIpc) is 2.94. The number of pyridine rings is 1. The van der Waals surface area contributed by atoms with Gasteiger partial charge in [0.25, 0.3) is 5.56 Å². The minimum atomic E-state index is -0.287. The van der Waals surface area contributed by atoms with Crippen LogP contribution in [-0.4, -0.2) is 31.8 Å². The normalized spacial score (nSPS) is 11.9. The second kappa shape index (κ2) is 5.74. The van der Waals surface area contributed by atoms with Gasteiger partial charge in [0.2, 0.25) is 0 Å². The molecule has 0 radical (unpaired) electrons. The molecule has 126 valence electrons. The molecule has 3 heterocycles. The van der Waals surface area contributed by atoms with Gasteiger partial charge in [-0.2, -0.15) is 4.98 Å². The first-order valence-electron chi connectivity index (χ1n) is 7.87. The van der Waals surface area contributed by atoms with Crippen LogP contribution in [0.25, 0.3) is 22.8 Å². The lowest BCUT2D eigenvalue weighted by Gasteiger charge is -2.22. The van der Waals surface area contributed by atoms with Crippen LogP contribution < -0.4 is 10.3 Å². The van der Waals surface area contributed by atoms with Gasteiger partial charge in [-0.3, -0.25) is 19.6 Å². The zero-order chi connectivity index (χ0) is 17.5. The van der Waals surface area contributed by atoms with Gasteiger partial charge in [-0.15, -0.1) is 0 Å². The minimum absolute atomic E-state index is 0.244. The number of nitrogens with one attached hydrogen (secondary N) is 1. The van der Waals surface area contributed by atoms with E-state index in [2.05, 4.69) is 40.8 Å². The zero-order valence-corrected chi connectivity index (χ0v) is 14.5. The first kappa shape index (κ1) is 16.2. The molecule has 1 aromatic heterocycles. The molecule has 1 aromatic rings. The Hall–Kier alpha value is -2.70. The molecular formula is C17H21N5O2. The number of hydrogen-bond acceptors (Lipinski definition) is 5. The Morgan fingerprint density at radius 1 is 1.29 bits per heavy atom. The molecule has 0 spiro atoms. The van der Waals surface area contributed by atoms with Gasteiger partial charge in [-0.05, 0) is 33.3 Å². The first-order chi connectivity index (χ1) is 11.4. The van der Waals surface area contributed by atoms with E-state index in [1.807, 2.05) is 11.6 Å². The van der Waals surface area contributed by atoms with Crippen LogP contribution in [0.4, 0.5) is 0 Å². The largest absolute Gasteiger partial charge is 0.494 e. The fourth-order valence-electron chi connectivity index (χ4n) is 2.69. The molecular weight excluding hydrogens is 306 g/mol. The summed E-state index contributed by atoms with van der Waals surface area (Å²) in [7, 11) is 1.55. The lowest BCUT2D eigenvalue weighted by Crippen LogP contribution is -2.25. The number of nitrogens with zero attached hydrogens (tertiary/aromatic N) is 4. The molecule has 3 rings (SSSR count). The second-order valence-corrected chi connectivity index (χ2v) is 6.58. The van der Waals surface area contributed by atoms with Crippen LogP contribution in [0.5, 0.6) is 5.75 Å². The third-order valence-corrected chi connectivity index (χ3v) is 3.89. The maximum atomic E-state index is 12.7. The molecule has 0 saturated heterocycles. The van der Waals surface area contributed by atoms with Crippen LogP contribution in [0.2, 0.25) is 0 Å². The van der Waals surface area contributed by atoms with Crippen molar-refractivity contribution in [1.29, 1.82) is 0 Å². The summed E-state index contributed by atoms with van der Waals surface area (Å²) in [5, 5.41) is 3.30. The van der Waals surface area contributed by atoms with Gasteiger partial charge in [0.05, 0.1) is 24.4 Å². The summed E-state index contributed by atoms with van der Waals surface area (Å²) < 4.78 is 7.23. The summed E-state index contributed by atoms with van der Waals surface area (Å²) >= 11 is 0. The summed E-state index contributed by atoms with van der Waals surface area (Å²) in [6.45, 7) is 8.17. The van der Waals surface area contributed by atoms with Crippen LogP contribution in [0.3, 0.4) is 0 Å². The molecule has 24 heavy (non-hydrogen) atoms. The van der Waals surface area contributed by atoms with Crippen LogP contribution in [0.1, 0.15) is 33.4 Å². The topological polar surface area (TPSA) is 85.7 Å². The van der Waals surface area contributed by atoms with Gasteiger partial charge in [0, 0.05) is 11.9 Å². The second-order valence-electron chi connectivity index (χ2n) is 6.58. The van der Waals surface area contributed by atoms with Crippen molar-refractivity contribution < 1.29 is 4.74 Å². The van der Waals surface area contributed by atoms with Crippen molar-refractivity contribution >= 4 is 0 Å². The average molecular weight is 327 g/mol. The maximum absolute atomic E-state index is 12.7. The molecule has 1 N–H and O–H groups in total. The van der Waals surface area contributed by atoms with E-state index in [-0.39, 0.29) is 11.1 Å². The number of methoxy groups -OCH3 is 1. The van der Waals surface area contributed by atoms with Crippen molar-refractivity contribution in [2.24, 2.45) is 0 Å². The standard InChI is InChI=1S/C17H21N5O2/c1-6-11-13-15(22(21-11)17(2,3)4)19-14(20-16(13)23)10-7-8-18-9-12(10)24-5/h7-9,21H,6H2,1-5H3. The molecule has 0 amide bonds.